The number of aryl methyl sites for hydroxylation is 1. The minimum atomic E-state index is -0.536. The fourth-order valence-electron chi connectivity index (χ4n) is 3.54. The van der Waals surface area contributed by atoms with Crippen LogP contribution in [0.2, 0.25) is 0 Å². The average Bonchev–Trinajstić information content (AvgIpc) is 3.05. The van der Waals surface area contributed by atoms with Gasteiger partial charge >= 0.3 is 0 Å². The molecule has 0 fully saturated rings. The quantitative estimate of drug-likeness (QED) is 0.275. The van der Waals surface area contributed by atoms with Crippen LogP contribution in [0.25, 0.3) is 10.9 Å². The largest absolute Gasteiger partial charge is 0.494 e. The maximum atomic E-state index is 12.3. The highest BCUT2D eigenvalue weighted by Crippen LogP contribution is 2.36. The number of non-ortho nitro benzene ring substituents is 1. The summed E-state index contributed by atoms with van der Waals surface area (Å²) in [5.41, 5.74) is 3.38. The van der Waals surface area contributed by atoms with Crippen molar-refractivity contribution in [1.29, 1.82) is 0 Å². The number of aromatic nitrogens is 1. The van der Waals surface area contributed by atoms with Gasteiger partial charge in [-0.25, -0.2) is 9.56 Å². The first kappa shape index (κ1) is 20.0. The van der Waals surface area contributed by atoms with Gasteiger partial charge in [0.1, 0.15) is 0 Å². The Balaban J connectivity index is 2.07. The number of nitro benzene ring substituents is 1. The van der Waals surface area contributed by atoms with E-state index in [1.54, 1.807) is 0 Å². The number of carbonyl (C=O) groups excluding carboxylic acids is 1. The van der Waals surface area contributed by atoms with Crippen molar-refractivity contribution in [2.45, 2.75) is 13.8 Å². The summed E-state index contributed by atoms with van der Waals surface area (Å²) in [6.45, 7) is 3.27. The Bertz CT molecular complexity index is 1340. The normalized spacial score (nSPS) is 11.6. The maximum Gasteiger partial charge on any atom is 0.271 e. The first-order valence-electron chi connectivity index (χ1n) is 9.60. The summed E-state index contributed by atoms with van der Waals surface area (Å²) in [5, 5.41) is 22.8. The molecule has 4 aromatic rings. The first-order chi connectivity index (χ1) is 14.9. The minimum Gasteiger partial charge on any atom is -0.494 e. The van der Waals surface area contributed by atoms with Gasteiger partial charge in [-0.05, 0) is 25.1 Å². The van der Waals surface area contributed by atoms with Gasteiger partial charge in [0.2, 0.25) is 11.8 Å². The molecule has 7 heteroatoms. The number of nitro groups is 1. The first-order valence-corrected chi connectivity index (χ1v) is 9.60. The summed E-state index contributed by atoms with van der Waals surface area (Å²) < 4.78 is 1.07. The monoisotopic (exact) mass is 413 g/mol. The van der Waals surface area contributed by atoms with Crippen LogP contribution in [0.15, 0.2) is 77.8 Å². The predicted octanol–water partition coefficient (Wildman–Crippen LogP) is 5.39. The standard InChI is InChI=1S/C24H19N3O4/c1-15-8-10-18(11-9-15)25-23(17-6-4-3-5-7-17)22-20-13-12-19(27(30)31)14-21(20)26(16(2)28)24(22)29/h3-14,29H,1-2H3. The second-order valence-electron chi connectivity index (χ2n) is 7.17. The van der Waals surface area contributed by atoms with E-state index in [1.807, 2.05) is 61.5 Å². The van der Waals surface area contributed by atoms with Crippen molar-refractivity contribution in [2.24, 2.45) is 4.99 Å². The molecule has 0 amide bonds. The average molecular weight is 413 g/mol. The predicted molar refractivity (Wildman–Crippen MR) is 119 cm³/mol. The lowest BCUT2D eigenvalue weighted by Gasteiger charge is -2.08. The number of benzene rings is 3. The van der Waals surface area contributed by atoms with Crippen LogP contribution < -0.4 is 0 Å². The van der Waals surface area contributed by atoms with Crippen LogP contribution in [-0.4, -0.2) is 26.2 Å². The summed E-state index contributed by atoms with van der Waals surface area (Å²) in [7, 11) is 0. The molecule has 0 aliphatic carbocycles. The van der Waals surface area contributed by atoms with Gasteiger partial charge in [-0.15, -0.1) is 0 Å². The van der Waals surface area contributed by atoms with Gasteiger partial charge in [0.05, 0.1) is 27.4 Å². The fraction of sp³-hybridized carbons (Fsp3) is 0.0833. The molecule has 1 N–H and O–H groups in total. The van der Waals surface area contributed by atoms with Gasteiger partial charge < -0.3 is 5.11 Å². The molecule has 1 aromatic heterocycles. The fourth-order valence-corrected chi connectivity index (χ4v) is 3.54. The molecule has 0 saturated heterocycles. The molecule has 3 aromatic carbocycles. The summed E-state index contributed by atoms with van der Waals surface area (Å²) in [6, 6.07) is 21.1. The molecule has 0 saturated carbocycles. The Morgan fingerprint density at radius 3 is 2.32 bits per heavy atom. The van der Waals surface area contributed by atoms with E-state index in [0.717, 1.165) is 15.7 Å². The van der Waals surface area contributed by atoms with Crippen molar-refractivity contribution in [2.75, 3.05) is 0 Å². The number of rotatable bonds is 4. The van der Waals surface area contributed by atoms with Crippen molar-refractivity contribution >= 4 is 33.9 Å². The SMILES string of the molecule is CC(=O)n1c(O)c(C(=Nc2ccc(C)cc2)c2ccccc2)c2ccc([N+](=O)[O-])cc21. The highest BCUT2D eigenvalue weighted by molar-refractivity contribution is 6.23. The summed E-state index contributed by atoms with van der Waals surface area (Å²) in [6.07, 6.45) is 0. The van der Waals surface area contributed by atoms with Crippen LogP contribution >= 0.6 is 0 Å². The van der Waals surface area contributed by atoms with Crippen LogP contribution in [0.5, 0.6) is 5.88 Å². The molecule has 1 heterocycles. The second kappa shape index (κ2) is 7.87. The molecule has 0 bridgehead atoms. The summed E-state index contributed by atoms with van der Waals surface area (Å²) >= 11 is 0. The van der Waals surface area contributed by atoms with E-state index in [4.69, 9.17) is 4.99 Å². The zero-order valence-electron chi connectivity index (χ0n) is 16.9. The van der Waals surface area contributed by atoms with Crippen molar-refractivity contribution in [1.82, 2.24) is 4.57 Å². The molecule has 154 valence electrons. The van der Waals surface area contributed by atoms with Crippen LogP contribution in [0.1, 0.15) is 28.4 Å². The number of aliphatic imine (C=N–C) groups is 1. The number of nitrogens with zero attached hydrogens (tertiary/aromatic N) is 3. The van der Waals surface area contributed by atoms with Crippen LogP contribution in [0, 0.1) is 17.0 Å². The van der Waals surface area contributed by atoms with E-state index in [9.17, 15) is 20.0 Å². The second-order valence-corrected chi connectivity index (χ2v) is 7.17. The molecular weight excluding hydrogens is 394 g/mol. The van der Waals surface area contributed by atoms with Gasteiger partial charge in [-0.3, -0.25) is 14.9 Å². The Kier molecular flexibility index (Phi) is 5.09. The van der Waals surface area contributed by atoms with Crippen molar-refractivity contribution in [3.63, 3.8) is 0 Å². The van der Waals surface area contributed by atoms with E-state index in [0.29, 0.717) is 22.3 Å². The third-order valence-electron chi connectivity index (χ3n) is 5.01. The molecule has 0 aliphatic rings. The molecule has 0 aliphatic heterocycles. The lowest BCUT2D eigenvalue weighted by Crippen LogP contribution is -2.06. The van der Waals surface area contributed by atoms with E-state index >= 15 is 0 Å². The van der Waals surface area contributed by atoms with Gasteiger partial charge in [0.15, 0.2) is 0 Å². The number of hydrogen-bond acceptors (Lipinski definition) is 5. The lowest BCUT2D eigenvalue weighted by atomic mass is 10.0. The molecule has 31 heavy (non-hydrogen) atoms. The van der Waals surface area contributed by atoms with Crippen molar-refractivity contribution in [3.05, 3.63) is 99.6 Å². The van der Waals surface area contributed by atoms with E-state index < -0.39 is 10.8 Å². The highest BCUT2D eigenvalue weighted by atomic mass is 16.6. The van der Waals surface area contributed by atoms with Gasteiger partial charge in [0.25, 0.3) is 5.69 Å². The molecule has 0 spiro atoms. The summed E-state index contributed by atoms with van der Waals surface area (Å²) in [5.74, 6) is -0.769. The molecule has 7 nitrogen and oxygen atoms in total. The Labute approximate surface area is 178 Å². The number of fused-ring (bicyclic) bond motifs is 1. The highest BCUT2D eigenvalue weighted by Gasteiger charge is 2.25. The molecule has 0 radical (unpaired) electrons. The van der Waals surface area contributed by atoms with Crippen LogP contribution in [0.3, 0.4) is 0 Å². The summed E-state index contributed by atoms with van der Waals surface area (Å²) in [4.78, 5) is 27.8. The maximum absolute atomic E-state index is 12.3. The zero-order valence-corrected chi connectivity index (χ0v) is 16.9. The van der Waals surface area contributed by atoms with E-state index in [2.05, 4.69) is 0 Å². The third kappa shape index (κ3) is 3.69. The van der Waals surface area contributed by atoms with Gasteiger partial charge in [-0.1, -0.05) is 48.0 Å². The van der Waals surface area contributed by atoms with Gasteiger partial charge in [0, 0.05) is 30.0 Å². The Morgan fingerprint density at radius 1 is 1.03 bits per heavy atom. The number of carbonyl (C=O) groups is 1. The molecule has 4 rings (SSSR count). The molecule has 0 atom stereocenters. The number of hydrogen-bond donors (Lipinski definition) is 1. The van der Waals surface area contributed by atoms with Crippen LogP contribution in [-0.2, 0) is 0 Å². The van der Waals surface area contributed by atoms with Gasteiger partial charge in [-0.2, -0.15) is 0 Å². The smallest absolute Gasteiger partial charge is 0.271 e. The molecular formula is C24H19N3O4. The Morgan fingerprint density at radius 2 is 1.71 bits per heavy atom. The minimum absolute atomic E-state index is 0.171. The Hall–Kier alpha value is -4.26. The van der Waals surface area contributed by atoms with Crippen molar-refractivity contribution < 1.29 is 14.8 Å². The van der Waals surface area contributed by atoms with E-state index in [1.165, 1.54) is 25.1 Å². The lowest BCUT2D eigenvalue weighted by molar-refractivity contribution is -0.384. The topological polar surface area (TPSA) is 97.7 Å². The van der Waals surface area contributed by atoms with Crippen LogP contribution in [0.4, 0.5) is 11.4 Å². The third-order valence-corrected chi connectivity index (χ3v) is 5.01. The number of aromatic hydroxyl groups is 1. The van der Waals surface area contributed by atoms with E-state index in [-0.39, 0.29) is 17.1 Å². The zero-order chi connectivity index (χ0) is 22.1. The van der Waals surface area contributed by atoms with Crippen molar-refractivity contribution in [3.8, 4) is 5.88 Å². The molecule has 0 unspecified atom stereocenters.